The van der Waals surface area contributed by atoms with Crippen LogP contribution in [0.15, 0.2) is 24.3 Å². The lowest BCUT2D eigenvalue weighted by atomic mass is 9.76. The summed E-state index contributed by atoms with van der Waals surface area (Å²) in [5.41, 5.74) is 1.17. The molecule has 176 valence electrons. The lowest BCUT2D eigenvalue weighted by Crippen LogP contribution is -2.52. The molecule has 1 unspecified atom stereocenters. The number of nitrogens with zero attached hydrogens (tertiary/aromatic N) is 4. The summed E-state index contributed by atoms with van der Waals surface area (Å²) in [6.07, 6.45) is 2.82. The molecule has 8 nitrogen and oxygen atoms in total. The Balaban J connectivity index is 1.27. The third-order valence-corrected chi connectivity index (χ3v) is 7.53. The van der Waals surface area contributed by atoms with Crippen LogP contribution >= 0.6 is 0 Å². The molecular formula is C24H37N5O3. The molecule has 1 aromatic rings. The number of hydrogen-bond acceptors (Lipinski definition) is 5. The quantitative estimate of drug-likeness (QED) is 0.763. The molecule has 1 N–H and O–H groups in total. The van der Waals surface area contributed by atoms with E-state index in [1.165, 1.54) is 0 Å². The number of methoxy groups -OCH3 is 1. The molecule has 8 heteroatoms. The Morgan fingerprint density at radius 2 is 1.78 bits per heavy atom. The van der Waals surface area contributed by atoms with E-state index in [9.17, 15) is 9.59 Å². The number of hydrogen-bond donors (Lipinski definition) is 1. The molecule has 1 spiro atoms. The SMILES string of the molecule is COc1cccc(CNC(=O)N2CCC3(CC2)CC(C(=O)N2CCN(C)CC2)N(C)C3)c1. The van der Waals surface area contributed by atoms with Crippen LogP contribution in [0.3, 0.4) is 0 Å². The van der Waals surface area contributed by atoms with Gasteiger partial charge in [-0.3, -0.25) is 9.69 Å². The smallest absolute Gasteiger partial charge is 0.317 e. The maximum absolute atomic E-state index is 13.2. The van der Waals surface area contributed by atoms with Gasteiger partial charge in [-0.05, 0) is 56.5 Å². The van der Waals surface area contributed by atoms with Crippen molar-refractivity contribution in [2.45, 2.75) is 31.8 Å². The number of piperazine rings is 1. The molecule has 3 heterocycles. The molecule has 3 saturated heterocycles. The molecule has 3 amide bonds. The highest BCUT2D eigenvalue weighted by Gasteiger charge is 2.48. The number of nitrogens with one attached hydrogen (secondary N) is 1. The van der Waals surface area contributed by atoms with Crippen LogP contribution < -0.4 is 10.1 Å². The highest BCUT2D eigenvalue weighted by Crippen LogP contribution is 2.43. The van der Waals surface area contributed by atoms with Gasteiger partial charge in [0.05, 0.1) is 13.2 Å². The Kier molecular flexibility index (Phi) is 6.90. The van der Waals surface area contributed by atoms with Crippen molar-refractivity contribution in [2.75, 3.05) is 67.0 Å². The summed E-state index contributed by atoms with van der Waals surface area (Å²) >= 11 is 0. The second-order valence-corrected chi connectivity index (χ2v) is 9.76. The van der Waals surface area contributed by atoms with Gasteiger partial charge in [0.25, 0.3) is 0 Å². The van der Waals surface area contributed by atoms with E-state index >= 15 is 0 Å². The van der Waals surface area contributed by atoms with Gasteiger partial charge in [0.2, 0.25) is 5.91 Å². The number of ether oxygens (including phenoxy) is 1. The Morgan fingerprint density at radius 3 is 2.47 bits per heavy atom. The standard InChI is InChI=1S/C24H37N5O3/c1-26-11-13-28(14-12-26)22(30)21-16-24(18-27(21)2)7-9-29(10-8-24)23(31)25-17-19-5-4-6-20(15-19)32-3/h4-6,15,21H,7-14,16-18H2,1-3H3,(H,25,31). The van der Waals surface area contributed by atoms with E-state index in [-0.39, 0.29) is 23.4 Å². The monoisotopic (exact) mass is 443 g/mol. The van der Waals surface area contributed by atoms with Gasteiger partial charge >= 0.3 is 6.03 Å². The molecule has 3 fully saturated rings. The molecule has 4 rings (SSSR count). The van der Waals surface area contributed by atoms with Crippen molar-refractivity contribution >= 4 is 11.9 Å². The highest BCUT2D eigenvalue weighted by atomic mass is 16.5. The summed E-state index contributed by atoms with van der Waals surface area (Å²) in [7, 11) is 5.84. The fourth-order valence-electron chi connectivity index (χ4n) is 5.40. The number of likely N-dealkylation sites (tertiary alicyclic amines) is 2. The van der Waals surface area contributed by atoms with Crippen molar-refractivity contribution in [1.82, 2.24) is 24.9 Å². The third kappa shape index (κ3) is 5.02. The van der Waals surface area contributed by atoms with Crippen LogP contribution in [0.4, 0.5) is 4.79 Å². The average Bonchev–Trinajstić information content (AvgIpc) is 3.13. The van der Waals surface area contributed by atoms with E-state index in [0.29, 0.717) is 6.54 Å². The first-order chi connectivity index (χ1) is 15.4. The second kappa shape index (κ2) is 9.67. The Bertz CT molecular complexity index is 816. The van der Waals surface area contributed by atoms with Crippen LogP contribution in [0.1, 0.15) is 24.8 Å². The third-order valence-electron chi connectivity index (χ3n) is 7.53. The number of likely N-dealkylation sites (N-methyl/N-ethyl adjacent to an activating group) is 2. The van der Waals surface area contributed by atoms with Gasteiger partial charge in [-0.15, -0.1) is 0 Å². The summed E-state index contributed by atoms with van der Waals surface area (Å²) < 4.78 is 5.25. The minimum Gasteiger partial charge on any atom is -0.497 e. The molecule has 0 radical (unpaired) electrons. The number of urea groups is 1. The normalized spacial score (nSPS) is 24.0. The van der Waals surface area contributed by atoms with E-state index in [4.69, 9.17) is 4.74 Å². The summed E-state index contributed by atoms with van der Waals surface area (Å²) in [6, 6.07) is 7.72. The predicted molar refractivity (Wildman–Crippen MR) is 124 cm³/mol. The highest BCUT2D eigenvalue weighted by molar-refractivity contribution is 5.82. The van der Waals surface area contributed by atoms with Gasteiger partial charge in [0.15, 0.2) is 0 Å². The van der Waals surface area contributed by atoms with Crippen molar-refractivity contribution in [1.29, 1.82) is 0 Å². The fourth-order valence-corrected chi connectivity index (χ4v) is 5.40. The van der Waals surface area contributed by atoms with Crippen molar-refractivity contribution in [3.8, 4) is 5.75 Å². The van der Waals surface area contributed by atoms with Gasteiger partial charge in [0, 0.05) is 52.4 Å². The minimum atomic E-state index is -0.0214. The summed E-state index contributed by atoms with van der Waals surface area (Å²) in [4.78, 5) is 34.4. The Morgan fingerprint density at radius 1 is 1.06 bits per heavy atom. The van der Waals surface area contributed by atoms with Crippen LogP contribution in [-0.2, 0) is 11.3 Å². The zero-order chi connectivity index (χ0) is 22.7. The van der Waals surface area contributed by atoms with Gasteiger partial charge in [0.1, 0.15) is 5.75 Å². The van der Waals surface area contributed by atoms with Crippen molar-refractivity contribution in [3.63, 3.8) is 0 Å². The van der Waals surface area contributed by atoms with E-state index in [0.717, 1.165) is 76.4 Å². The number of rotatable bonds is 4. The molecule has 0 aliphatic carbocycles. The van der Waals surface area contributed by atoms with E-state index in [2.05, 4.69) is 29.2 Å². The molecule has 3 aliphatic heterocycles. The zero-order valence-corrected chi connectivity index (χ0v) is 19.7. The van der Waals surface area contributed by atoms with Crippen molar-refractivity contribution < 1.29 is 14.3 Å². The maximum atomic E-state index is 13.2. The Labute approximate surface area is 191 Å². The molecule has 3 aliphatic rings. The van der Waals surface area contributed by atoms with Crippen LogP contribution in [0.2, 0.25) is 0 Å². The van der Waals surface area contributed by atoms with Gasteiger partial charge in [-0.1, -0.05) is 12.1 Å². The molecule has 32 heavy (non-hydrogen) atoms. The van der Waals surface area contributed by atoms with Crippen molar-refractivity contribution in [3.05, 3.63) is 29.8 Å². The molecular weight excluding hydrogens is 406 g/mol. The first kappa shape index (κ1) is 22.9. The van der Waals surface area contributed by atoms with Crippen LogP contribution in [0, 0.1) is 5.41 Å². The molecule has 0 saturated carbocycles. The Hall–Kier alpha value is -2.32. The van der Waals surface area contributed by atoms with Crippen molar-refractivity contribution in [2.24, 2.45) is 5.41 Å². The van der Waals surface area contributed by atoms with Gasteiger partial charge in [-0.2, -0.15) is 0 Å². The lowest BCUT2D eigenvalue weighted by Gasteiger charge is -2.39. The van der Waals surface area contributed by atoms with E-state index in [1.54, 1.807) is 7.11 Å². The van der Waals surface area contributed by atoms with Crippen LogP contribution in [0.5, 0.6) is 5.75 Å². The molecule has 0 bridgehead atoms. The first-order valence-electron chi connectivity index (χ1n) is 11.7. The van der Waals surface area contributed by atoms with Gasteiger partial charge in [-0.25, -0.2) is 4.79 Å². The zero-order valence-electron chi connectivity index (χ0n) is 19.7. The van der Waals surface area contributed by atoms with Crippen LogP contribution in [-0.4, -0.2) is 105 Å². The number of benzene rings is 1. The fraction of sp³-hybridized carbons (Fsp3) is 0.667. The summed E-state index contributed by atoms with van der Waals surface area (Å²) in [5, 5.41) is 3.04. The van der Waals surface area contributed by atoms with E-state index in [1.807, 2.05) is 34.1 Å². The summed E-state index contributed by atoms with van der Waals surface area (Å²) in [6.45, 7) is 6.47. The van der Waals surface area contributed by atoms with E-state index < -0.39 is 0 Å². The lowest BCUT2D eigenvalue weighted by molar-refractivity contribution is -0.137. The average molecular weight is 444 g/mol. The topological polar surface area (TPSA) is 68.4 Å². The number of piperidine rings is 1. The predicted octanol–water partition coefficient (Wildman–Crippen LogP) is 1.47. The van der Waals surface area contributed by atoms with Gasteiger partial charge < -0.3 is 24.8 Å². The number of carbonyl (C=O) groups is 2. The molecule has 1 aromatic carbocycles. The minimum absolute atomic E-state index is 0.0147. The van der Waals surface area contributed by atoms with Crippen LogP contribution in [0.25, 0.3) is 0 Å². The summed E-state index contributed by atoms with van der Waals surface area (Å²) in [5.74, 6) is 1.08. The molecule has 0 aromatic heterocycles. The first-order valence-corrected chi connectivity index (χ1v) is 11.7. The number of amides is 3. The largest absolute Gasteiger partial charge is 0.497 e. The number of carbonyl (C=O) groups excluding carboxylic acids is 2. The maximum Gasteiger partial charge on any atom is 0.317 e. The second-order valence-electron chi connectivity index (χ2n) is 9.76. The molecule has 1 atom stereocenters.